The van der Waals surface area contributed by atoms with E-state index < -0.39 is 17.7 Å². The van der Waals surface area contributed by atoms with E-state index in [-0.39, 0.29) is 11.3 Å². The molecular weight excluding hydrogens is 400 g/mol. The van der Waals surface area contributed by atoms with Gasteiger partial charge in [-0.25, -0.2) is 4.99 Å². The molecule has 3 atom stereocenters. The highest BCUT2D eigenvalue weighted by Crippen LogP contribution is 2.47. The number of ketones is 1. The summed E-state index contributed by atoms with van der Waals surface area (Å²) in [6.07, 6.45) is 1.84. The van der Waals surface area contributed by atoms with Crippen LogP contribution in [-0.2, 0) is 4.79 Å². The number of fused-ring (bicyclic) bond motifs is 6. The minimum atomic E-state index is -1.04. The smallest absolute Gasteiger partial charge is 0.270 e. The molecule has 0 amide bonds. The number of carbonyl (C=O) groups excluding carboxylic acids is 1. The van der Waals surface area contributed by atoms with E-state index in [9.17, 15) is 9.59 Å². The fourth-order valence-corrected chi connectivity index (χ4v) is 5.51. The lowest BCUT2D eigenvalue weighted by atomic mass is 9.79. The molecule has 0 saturated heterocycles. The van der Waals surface area contributed by atoms with Crippen LogP contribution < -0.4 is 24.4 Å². The first-order chi connectivity index (χ1) is 14.4. The van der Waals surface area contributed by atoms with Crippen LogP contribution in [0.5, 0.6) is 11.5 Å². The third-order valence-electron chi connectivity index (χ3n) is 5.73. The van der Waals surface area contributed by atoms with Crippen molar-refractivity contribution < 1.29 is 14.3 Å². The summed E-state index contributed by atoms with van der Waals surface area (Å²) in [5.74, 6) is 0.797. The van der Waals surface area contributed by atoms with E-state index in [2.05, 4.69) is 0 Å². The number of para-hydroxylation sites is 1. The SMILES string of the molecule is COc1ccc(/C=c2/sc3n(c2=O)[C@H]2c4ccccc4O[C@@](C)(N=3)[C@@H]2C(C)=O)cc1. The van der Waals surface area contributed by atoms with Crippen LogP contribution in [0.3, 0.4) is 0 Å². The lowest BCUT2D eigenvalue weighted by Crippen LogP contribution is -2.58. The third-order valence-corrected chi connectivity index (χ3v) is 6.71. The van der Waals surface area contributed by atoms with Crippen LogP contribution in [0.2, 0.25) is 0 Å². The second-order valence-electron chi connectivity index (χ2n) is 7.68. The van der Waals surface area contributed by atoms with Crippen LogP contribution >= 0.6 is 11.3 Å². The van der Waals surface area contributed by atoms with Gasteiger partial charge in [-0.3, -0.25) is 14.2 Å². The molecule has 2 aromatic carbocycles. The highest BCUT2D eigenvalue weighted by atomic mass is 32.1. The van der Waals surface area contributed by atoms with E-state index >= 15 is 0 Å². The number of hydrogen-bond donors (Lipinski definition) is 0. The van der Waals surface area contributed by atoms with Gasteiger partial charge in [-0.2, -0.15) is 0 Å². The molecule has 2 aliphatic rings. The van der Waals surface area contributed by atoms with Crippen molar-refractivity contribution >= 4 is 23.2 Å². The number of methoxy groups -OCH3 is 1. The Morgan fingerprint density at radius 1 is 1.23 bits per heavy atom. The first-order valence-corrected chi connectivity index (χ1v) is 10.5. The average Bonchev–Trinajstić information content (AvgIpc) is 3.01. The van der Waals surface area contributed by atoms with Crippen molar-refractivity contribution in [3.8, 4) is 11.5 Å². The van der Waals surface area contributed by atoms with Gasteiger partial charge in [-0.05, 0) is 43.7 Å². The first kappa shape index (κ1) is 18.8. The van der Waals surface area contributed by atoms with E-state index in [0.717, 1.165) is 16.9 Å². The Bertz CT molecular complexity index is 1340. The molecule has 0 saturated carbocycles. The van der Waals surface area contributed by atoms with Crippen molar-refractivity contribution in [1.82, 2.24) is 4.57 Å². The molecule has 2 aliphatic heterocycles. The van der Waals surface area contributed by atoms with E-state index in [1.807, 2.05) is 61.5 Å². The Labute approximate surface area is 176 Å². The zero-order valence-corrected chi connectivity index (χ0v) is 17.6. The standard InChI is InChI=1S/C23H20N2O4S/c1-13(26)19-20-16-6-4-5-7-17(16)29-23(19,2)24-22-25(20)21(27)18(30-22)12-14-8-10-15(28-3)11-9-14/h4-12,19-20H,1-3H3/b18-12+/t19-,20+,23-/m1/s1. The van der Waals surface area contributed by atoms with Gasteiger partial charge in [0.25, 0.3) is 5.56 Å². The Kier molecular flexibility index (Phi) is 4.18. The molecular formula is C23H20N2O4S. The molecule has 1 aromatic heterocycles. The molecule has 0 aliphatic carbocycles. The minimum Gasteiger partial charge on any atom is -0.497 e. The molecule has 7 heteroatoms. The van der Waals surface area contributed by atoms with Crippen LogP contribution in [-0.4, -0.2) is 23.2 Å². The molecule has 3 aromatic rings. The number of carbonyl (C=O) groups is 1. The molecule has 152 valence electrons. The van der Waals surface area contributed by atoms with E-state index in [1.165, 1.54) is 18.3 Å². The average molecular weight is 420 g/mol. The number of aromatic nitrogens is 1. The summed E-state index contributed by atoms with van der Waals surface area (Å²) >= 11 is 1.32. The topological polar surface area (TPSA) is 69.9 Å². The maximum Gasteiger partial charge on any atom is 0.270 e. The fourth-order valence-electron chi connectivity index (χ4n) is 4.41. The van der Waals surface area contributed by atoms with Crippen LogP contribution in [0.25, 0.3) is 6.08 Å². The third kappa shape index (κ3) is 2.73. The van der Waals surface area contributed by atoms with Crippen LogP contribution in [0.4, 0.5) is 0 Å². The number of hydrogen-bond acceptors (Lipinski definition) is 6. The highest BCUT2D eigenvalue weighted by Gasteiger charge is 2.53. The van der Waals surface area contributed by atoms with Crippen LogP contribution in [0, 0.1) is 5.92 Å². The van der Waals surface area contributed by atoms with E-state index in [0.29, 0.717) is 15.1 Å². The van der Waals surface area contributed by atoms with Crippen molar-refractivity contribution in [2.24, 2.45) is 10.9 Å². The maximum atomic E-state index is 13.4. The summed E-state index contributed by atoms with van der Waals surface area (Å²) < 4.78 is 13.6. The number of ether oxygens (including phenoxy) is 2. The highest BCUT2D eigenvalue weighted by molar-refractivity contribution is 7.07. The van der Waals surface area contributed by atoms with Crippen molar-refractivity contribution in [2.45, 2.75) is 25.6 Å². The summed E-state index contributed by atoms with van der Waals surface area (Å²) in [6.45, 7) is 3.36. The Morgan fingerprint density at radius 3 is 2.67 bits per heavy atom. The largest absolute Gasteiger partial charge is 0.497 e. The summed E-state index contributed by atoms with van der Waals surface area (Å²) in [6, 6.07) is 14.6. The molecule has 0 spiro atoms. The maximum absolute atomic E-state index is 13.4. The summed E-state index contributed by atoms with van der Waals surface area (Å²) in [4.78, 5) is 31.4. The van der Waals surface area contributed by atoms with Gasteiger partial charge in [0.1, 0.15) is 23.2 Å². The Balaban J connectivity index is 1.76. The van der Waals surface area contributed by atoms with Crippen molar-refractivity contribution in [2.75, 3.05) is 7.11 Å². The molecule has 5 rings (SSSR count). The van der Waals surface area contributed by atoms with Crippen molar-refractivity contribution in [1.29, 1.82) is 0 Å². The monoisotopic (exact) mass is 420 g/mol. The normalized spacial score (nSPS) is 24.3. The van der Waals surface area contributed by atoms with Gasteiger partial charge < -0.3 is 9.47 Å². The predicted molar refractivity (Wildman–Crippen MR) is 114 cm³/mol. The Hall–Kier alpha value is -3.19. The predicted octanol–water partition coefficient (Wildman–Crippen LogP) is 2.28. The van der Waals surface area contributed by atoms with E-state index in [4.69, 9.17) is 14.5 Å². The molecule has 0 fully saturated rings. The number of rotatable bonds is 3. The van der Waals surface area contributed by atoms with Crippen molar-refractivity contribution in [3.05, 3.63) is 79.3 Å². The molecule has 2 bridgehead atoms. The van der Waals surface area contributed by atoms with Crippen LogP contribution in [0.1, 0.15) is 31.0 Å². The lowest BCUT2D eigenvalue weighted by Gasteiger charge is -2.45. The number of nitrogens with zero attached hydrogens (tertiary/aromatic N) is 2. The molecule has 0 N–H and O–H groups in total. The first-order valence-electron chi connectivity index (χ1n) is 9.67. The van der Waals surface area contributed by atoms with Gasteiger partial charge >= 0.3 is 0 Å². The van der Waals surface area contributed by atoms with Crippen LogP contribution in [0.15, 0.2) is 58.3 Å². The molecule has 30 heavy (non-hydrogen) atoms. The minimum absolute atomic E-state index is 0.0508. The van der Waals surface area contributed by atoms with Crippen molar-refractivity contribution in [3.63, 3.8) is 0 Å². The second-order valence-corrected chi connectivity index (χ2v) is 8.69. The second kappa shape index (κ2) is 6.67. The fraction of sp³-hybridized carbons (Fsp3) is 0.261. The lowest BCUT2D eigenvalue weighted by molar-refractivity contribution is -0.132. The van der Waals surface area contributed by atoms with Gasteiger partial charge in [-0.1, -0.05) is 41.7 Å². The summed E-state index contributed by atoms with van der Waals surface area (Å²) in [7, 11) is 1.61. The number of Topliss-reactive ketones (excluding diaryl/α,β-unsaturated/α-hetero) is 1. The Morgan fingerprint density at radius 2 is 1.97 bits per heavy atom. The zero-order valence-electron chi connectivity index (χ0n) is 16.8. The zero-order chi connectivity index (χ0) is 21.0. The van der Waals surface area contributed by atoms with Gasteiger partial charge in [0.15, 0.2) is 4.80 Å². The van der Waals surface area contributed by atoms with E-state index in [1.54, 1.807) is 11.7 Å². The molecule has 0 radical (unpaired) electrons. The van der Waals surface area contributed by atoms with Gasteiger partial charge in [0.2, 0.25) is 5.72 Å². The van der Waals surface area contributed by atoms with Gasteiger partial charge in [-0.15, -0.1) is 0 Å². The summed E-state index contributed by atoms with van der Waals surface area (Å²) in [5.41, 5.74) is 0.535. The summed E-state index contributed by atoms with van der Waals surface area (Å²) in [5, 5.41) is 0. The molecule has 0 unspecified atom stereocenters. The van der Waals surface area contributed by atoms with Gasteiger partial charge in [0.05, 0.1) is 17.7 Å². The molecule has 3 heterocycles. The number of thiazole rings is 1. The quantitative estimate of drug-likeness (QED) is 0.652. The number of benzene rings is 2. The molecule has 6 nitrogen and oxygen atoms in total. The van der Waals surface area contributed by atoms with Gasteiger partial charge in [0, 0.05) is 5.56 Å².